The van der Waals surface area contributed by atoms with Crippen molar-refractivity contribution >= 4 is 11.8 Å². The fourth-order valence-corrected chi connectivity index (χ4v) is 4.30. The van der Waals surface area contributed by atoms with Gasteiger partial charge in [0.1, 0.15) is 0 Å². The van der Waals surface area contributed by atoms with Crippen LogP contribution < -0.4 is 5.32 Å². The maximum atomic E-state index is 5.52. The summed E-state index contributed by atoms with van der Waals surface area (Å²) in [6.45, 7) is 5.57. The third-order valence-electron chi connectivity index (χ3n) is 4.09. The molecule has 0 amide bonds. The zero-order valence-electron chi connectivity index (χ0n) is 9.21. The van der Waals surface area contributed by atoms with Crippen LogP contribution in [0.3, 0.4) is 0 Å². The molecule has 0 aromatic heterocycles. The molecule has 0 aromatic carbocycles. The fourth-order valence-electron chi connectivity index (χ4n) is 3.24. The highest BCUT2D eigenvalue weighted by Gasteiger charge is 2.44. The average Bonchev–Trinajstić information content (AvgIpc) is 2.31. The first kappa shape index (κ1) is 10.4. The van der Waals surface area contributed by atoms with Crippen molar-refractivity contribution in [1.29, 1.82) is 0 Å². The molecule has 3 fully saturated rings. The molecule has 0 aromatic rings. The second-order valence-corrected chi connectivity index (χ2v) is 6.04. The van der Waals surface area contributed by atoms with Crippen molar-refractivity contribution < 1.29 is 4.74 Å². The molecular weight excluding hydrogens is 208 g/mol. The maximum absolute atomic E-state index is 5.52. The number of fused-ring (bicyclic) bond motifs is 2. The van der Waals surface area contributed by atoms with E-state index in [2.05, 4.69) is 22.0 Å². The van der Waals surface area contributed by atoms with Crippen molar-refractivity contribution in [1.82, 2.24) is 10.2 Å². The minimum absolute atomic E-state index is 0.433. The van der Waals surface area contributed by atoms with Gasteiger partial charge in [-0.15, -0.1) is 0 Å². The molecule has 3 rings (SSSR count). The quantitative estimate of drug-likeness (QED) is 0.655. The van der Waals surface area contributed by atoms with E-state index >= 15 is 0 Å². The Hall–Kier alpha value is 0.230. The number of hydrogen-bond acceptors (Lipinski definition) is 4. The van der Waals surface area contributed by atoms with Gasteiger partial charge in [0.15, 0.2) is 0 Å². The Morgan fingerprint density at radius 1 is 1.33 bits per heavy atom. The summed E-state index contributed by atoms with van der Waals surface area (Å²) >= 11 is 2.12. The van der Waals surface area contributed by atoms with Gasteiger partial charge < -0.3 is 10.1 Å². The van der Waals surface area contributed by atoms with Crippen LogP contribution in [0.1, 0.15) is 12.8 Å². The lowest BCUT2D eigenvalue weighted by Crippen LogP contribution is -2.69. The second kappa shape index (κ2) is 4.24. The molecule has 15 heavy (non-hydrogen) atoms. The Bertz CT molecular complexity index is 223. The molecule has 1 unspecified atom stereocenters. The number of thioether (sulfide) groups is 1. The van der Waals surface area contributed by atoms with E-state index in [1.54, 1.807) is 0 Å². The molecule has 3 nitrogen and oxygen atoms in total. The Morgan fingerprint density at radius 3 is 3.07 bits per heavy atom. The Balaban J connectivity index is 1.79. The largest absolute Gasteiger partial charge is 0.381 e. The van der Waals surface area contributed by atoms with Gasteiger partial charge in [-0.1, -0.05) is 0 Å². The number of piperazine rings is 1. The topological polar surface area (TPSA) is 24.5 Å². The lowest BCUT2D eigenvalue weighted by atomic mass is 9.84. The summed E-state index contributed by atoms with van der Waals surface area (Å²) in [5.41, 5.74) is 0.433. The molecule has 0 radical (unpaired) electrons. The highest BCUT2D eigenvalue weighted by Crippen LogP contribution is 2.34. The van der Waals surface area contributed by atoms with Crippen LogP contribution >= 0.6 is 11.8 Å². The molecule has 0 aliphatic carbocycles. The average molecular weight is 228 g/mol. The minimum Gasteiger partial charge on any atom is -0.381 e. The summed E-state index contributed by atoms with van der Waals surface area (Å²) in [5.74, 6) is 2.63. The predicted molar refractivity (Wildman–Crippen MR) is 63.5 cm³/mol. The van der Waals surface area contributed by atoms with Crippen molar-refractivity contribution in [2.75, 3.05) is 44.4 Å². The van der Waals surface area contributed by atoms with Gasteiger partial charge in [-0.05, 0) is 12.8 Å². The number of hydrogen-bond donors (Lipinski definition) is 1. The van der Waals surface area contributed by atoms with Gasteiger partial charge in [0.2, 0.25) is 0 Å². The molecule has 1 atom stereocenters. The molecule has 3 aliphatic rings. The third-order valence-corrected chi connectivity index (χ3v) is 5.19. The van der Waals surface area contributed by atoms with Crippen molar-refractivity contribution in [3.8, 4) is 0 Å². The zero-order chi connectivity index (χ0) is 10.1. The summed E-state index contributed by atoms with van der Waals surface area (Å²) in [5, 5.41) is 3.63. The van der Waals surface area contributed by atoms with E-state index in [1.807, 2.05) is 0 Å². The SMILES string of the molecule is C1CC2(CCO1)CNCC1CSCCN12. The van der Waals surface area contributed by atoms with E-state index < -0.39 is 0 Å². The standard InChI is InChI=1S/C11H20N2OS/c1-4-14-5-2-11(1)9-12-7-10-8-15-6-3-13(10)11/h10,12H,1-9H2. The Kier molecular flexibility index (Phi) is 2.94. The molecule has 3 heterocycles. The molecule has 3 saturated heterocycles. The highest BCUT2D eigenvalue weighted by atomic mass is 32.2. The summed E-state index contributed by atoms with van der Waals surface area (Å²) < 4.78 is 5.52. The molecule has 1 N–H and O–H groups in total. The number of rotatable bonds is 0. The van der Waals surface area contributed by atoms with Crippen LogP contribution in [0.5, 0.6) is 0 Å². The van der Waals surface area contributed by atoms with Gasteiger partial charge in [-0.25, -0.2) is 0 Å². The first-order valence-electron chi connectivity index (χ1n) is 6.04. The maximum Gasteiger partial charge on any atom is 0.0484 e. The van der Waals surface area contributed by atoms with E-state index in [4.69, 9.17) is 4.74 Å². The molecule has 0 bridgehead atoms. The molecule has 1 spiro atoms. The van der Waals surface area contributed by atoms with Crippen LogP contribution in [0.15, 0.2) is 0 Å². The van der Waals surface area contributed by atoms with Crippen LogP contribution in [0.4, 0.5) is 0 Å². The lowest BCUT2D eigenvalue weighted by Gasteiger charge is -2.55. The minimum atomic E-state index is 0.433. The smallest absolute Gasteiger partial charge is 0.0484 e. The molecule has 0 saturated carbocycles. The summed E-state index contributed by atoms with van der Waals surface area (Å²) in [6.07, 6.45) is 2.45. The third kappa shape index (κ3) is 1.82. The van der Waals surface area contributed by atoms with Crippen LogP contribution in [-0.2, 0) is 4.74 Å². The lowest BCUT2D eigenvalue weighted by molar-refractivity contribution is -0.0576. The Morgan fingerprint density at radius 2 is 2.20 bits per heavy atom. The molecule has 86 valence electrons. The van der Waals surface area contributed by atoms with Crippen molar-refractivity contribution in [3.05, 3.63) is 0 Å². The van der Waals surface area contributed by atoms with Gasteiger partial charge in [0.25, 0.3) is 0 Å². The number of ether oxygens (including phenoxy) is 1. The highest BCUT2D eigenvalue weighted by molar-refractivity contribution is 7.99. The van der Waals surface area contributed by atoms with Crippen molar-refractivity contribution in [2.45, 2.75) is 24.4 Å². The Labute approximate surface area is 95.9 Å². The van der Waals surface area contributed by atoms with Crippen molar-refractivity contribution in [2.24, 2.45) is 0 Å². The molecular formula is C11H20N2OS. The second-order valence-electron chi connectivity index (χ2n) is 4.89. The van der Waals surface area contributed by atoms with Gasteiger partial charge in [0, 0.05) is 55.9 Å². The number of nitrogens with zero attached hydrogens (tertiary/aromatic N) is 1. The van der Waals surface area contributed by atoms with Gasteiger partial charge in [0.05, 0.1) is 0 Å². The number of nitrogens with one attached hydrogen (secondary N) is 1. The first-order chi connectivity index (χ1) is 7.41. The molecule has 4 heteroatoms. The zero-order valence-corrected chi connectivity index (χ0v) is 10.0. The van der Waals surface area contributed by atoms with E-state index in [9.17, 15) is 0 Å². The van der Waals surface area contributed by atoms with Gasteiger partial charge >= 0.3 is 0 Å². The first-order valence-corrected chi connectivity index (χ1v) is 7.19. The van der Waals surface area contributed by atoms with Crippen molar-refractivity contribution in [3.63, 3.8) is 0 Å². The van der Waals surface area contributed by atoms with E-state index in [-0.39, 0.29) is 0 Å². The normalized spacial score (nSPS) is 36.4. The van der Waals surface area contributed by atoms with E-state index in [0.29, 0.717) is 5.54 Å². The summed E-state index contributed by atoms with van der Waals surface area (Å²) in [4.78, 5) is 2.79. The monoisotopic (exact) mass is 228 g/mol. The summed E-state index contributed by atoms with van der Waals surface area (Å²) in [7, 11) is 0. The molecule has 3 aliphatic heterocycles. The van der Waals surface area contributed by atoms with E-state index in [1.165, 1.54) is 44.0 Å². The van der Waals surface area contributed by atoms with Crippen LogP contribution in [0, 0.1) is 0 Å². The van der Waals surface area contributed by atoms with Gasteiger partial charge in [-0.2, -0.15) is 11.8 Å². The van der Waals surface area contributed by atoms with E-state index in [0.717, 1.165) is 19.3 Å². The van der Waals surface area contributed by atoms with Crippen LogP contribution in [-0.4, -0.2) is 60.8 Å². The van der Waals surface area contributed by atoms with Crippen LogP contribution in [0.25, 0.3) is 0 Å². The fraction of sp³-hybridized carbons (Fsp3) is 1.00. The predicted octanol–water partition coefficient (Wildman–Crippen LogP) is 0.556. The summed E-state index contributed by atoms with van der Waals surface area (Å²) in [6, 6.07) is 0.774. The van der Waals surface area contributed by atoms with Gasteiger partial charge in [-0.3, -0.25) is 4.90 Å². The van der Waals surface area contributed by atoms with Crippen LogP contribution in [0.2, 0.25) is 0 Å².